The van der Waals surface area contributed by atoms with Gasteiger partial charge in [0.25, 0.3) is 0 Å². The number of piperidine rings is 1. The maximum absolute atomic E-state index is 12.4. The number of carboxylic acid groups (broad SMARTS) is 1. The third-order valence-corrected chi connectivity index (χ3v) is 2.46. The van der Waals surface area contributed by atoms with Crippen molar-refractivity contribution in [1.82, 2.24) is 4.90 Å². The summed E-state index contributed by atoms with van der Waals surface area (Å²) in [6, 6.07) is 0. The summed E-state index contributed by atoms with van der Waals surface area (Å²) in [5.41, 5.74) is 0. The topological polar surface area (TPSA) is 49.8 Å². The lowest BCUT2D eigenvalue weighted by atomic mass is 9.99. The Morgan fingerprint density at radius 3 is 2.75 bits per heavy atom. The number of likely N-dealkylation sites (tertiary alicyclic amines) is 1. The number of aliphatic carboxylic acids is 1. The van der Waals surface area contributed by atoms with Crippen molar-refractivity contribution in [2.45, 2.75) is 19.1 Å². The van der Waals surface area contributed by atoms with Crippen LogP contribution in [0.3, 0.4) is 0 Å². The van der Waals surface area contributed by atoms with Gasteiger partial charge in [-0.15, -0.1) is 0 Å². The molecule has 0 aromatic carbocycles. The SMILES string of the molecule is O=C(O)COC[C@@H]1CCCN(C(F)(F)F)C1. The molecule has 0 aromatic heterocycles. The highest BCUT2D eigenvalue weighted by Crippen LogP contribution is 2.27. The first-order valence-electron chi connectivity index (χ1n) is 5.01. The predicted molar refractivity (Wildman–Crippen MR) is 48.8 cm³/mol. The highest BCUT2D eigenvalue weighted by atomic mass is 19.4. The van der Waals surface area contributed by atoms with E-state index in [2.05, 4.69) is 0 Å². The van der Waals surface area contributed by atoms with Gasteiger partial charge in [-0.05, 0) is 18.8 Å². The fourth-order valence-electron chi connectivity index (χ4n) is 1.74. The molecule has 0 spiro atoms. The Bertz CT molecular complexity index is 245. The van der Waals surface area contributed by atoms with Gasteiger partial charge in [0.2, 0.25) is 0 Å². The molecule has 0 unspecified atom stereocenters. The highest BCUT2D eigenvalue weighted by molar-refractivity contribution is 5.67. The number of rotatable bonds is 4. The zero-order valence-corrected chi connectivity index (χ0v) is 8.66. The third kappa shape index (κ3) is 4.36. The molecule has 0 amide bonds. The van der Waals surface area contributed by atoms with Gasteiger partial charge >= 0.3 is 12.3 Å². The van der Waals surface area contributed by atoms with E-state index in [-0.39, 0.29) is 25.6 Å². The molecule has 1 atom stereocenters. The minimum absolute atomic E-state index is 0.0128. The maximum atomic E-state index is 12.4. The molecule has 1 saturated heterocycles. The van der Waals surface area contributed by atoms with E-state index in [1.165, 1.54) is 0 Å². The normalized spacial score (nSPS) is 23.3. The van der Waals surface area contributed by atoms with E-state index in [1.807, 2.05) is 0 Å². The van der Waals surface area contributed by atoms with E-state index in [1.54, 1.807) is 0 Å². The van der Waals surface area contributed by atoms with E-state index < -0.39 is 18.9 Å². The molecule has 0 saturated carbocycles. The van der Waals surface area contributed by atoms with Crippen LogP contribution in [-0.4, -0.2) is 48.6 Å². The van der Waals surface area contributed by atoms with Gasteiger partial charge in [-0.25, -0.2) is 9.69 Å². The number of carboxylic acids is 1. The Labute approximate surface area is 91.0 Å². The molecule has 1 heterocycles. The first-order chi connectivity index (χ1) is 7.39. The van der Waals surface area contributed by atoms with Crippen LogP contribution in [0.5, 0.6) is 0 Å². The average Bonchev–Trinajstić information content (AvgIpc) is 2.16. The van der Waals surface area contributed by atoms with E-state index in [4.69, 9.17) is 9.84 Å². The summed E-state index contributed by atoms with van der Waals surface area (Å²) < 4.78 is 41.9. The zero-order valence-electron chi connectivity index (χ0n) is 8.66. The molecule has 1 aliphatic heterocycles. The van der Waals surface area contributed by atoms with Gasteiger partial charge < -0.3 is 9.84 Å². The second-order valence-corrected chi connectivity index (χ2v) is 3.83. The fraction of sp³-hybridized carbons (Fsp3) is 0.889. The first-order valence-corrected chi connectivity index (χ1v) is 5.01. The van der Waals surface area contributed by atoms with Crippen LogP contribution in [-0.2, 0) is 9.53 Å². The molecule has 0 aromatic rings. The van der Waals surface area contributed by atoms with Crippen LogP contribution in [0.4, 0.5) is 13.2 Å². The molecule has 16 heavy (non-hydrogen) atoms. The summed E-state index contributed by atoms with van der Waals surface area (Å²) in [6.07, 6.45) is -3.20. The summed E-state index contributed by atoms with van der Waals surface area (Å²) in [6.45, 7) is -0.483. The van der Waals surface area contributed by atoms with E-state index in [9.17, 15) is 18.0 Å². The Kier molecular flexibility index (Phi) is 4.55. The fourth-order valence-corrected chi connectivity index (χ4v) is 1.74. The zero-order chi connectivity index (χ0) is 12.2. The van der Waals surface area contributed by atoms with Crippen LogP contribution in [0, 0.1) is 5.92 Å². The van der Waals surface area contributed by atoms with Gasteiger partial charge in [-0.2, -0.15) is 13.2 Å². The first kappa shape index (κ1) is 13.2. The molecular weight excluding hydrogens is 227 g/mol. The summed E-state index contributed by atoms with van der Waals surface area (Å²) in [4.78, 5) is 10.6. The Morgan fingerprint density at radius 2 is 2.19 bits per heavy atom. The molecule has 1 aliphatic rings. The molecule has 0 bridgehead atoms. The largest absolute Gasteiger partial charge is 0.480 e. The van der Waals surface area contributed by atoms with E-state index in [0.717, 1.165) is 0 Å². The van der Waals surface area contributed by atoms with Crippen molar-refractivity contribution in [3.63, 3.8) is 0 Å². The Morgan fingerprint density at radius 1 is 1.50 bits per heavy atom. The van der Waals surface area contributed by atoms with Crippen LogP contribution in [0.15, 0.2) is 0 Å². The van der Waals surface area contributed by atoms with Gasteiger partial charge in [-0.1, -0.05) is 0 Å². The van der Waals surface area contributed by atoms with Crippen LogP contribution in [0.2, 0.25) is 0 Å². The van der Waals surface area contributed by atoms with Crippen LogP contribution in [0.25, 0.3) is 0 Å². The van der Waals surface area contributed by atoms with Gasteiger partial charge in [0.15, 0.2) is 0 Å². The lowest BCUT2D eigenvalue weighted by Crippen LogP contribution is -2.45. The Hall–Kier alpha value is -0.820. The summed E-state index contributed by atoms with van der Waals surface area (Å²) in [5.74, 6) is -1.35. The minimum atomic E-state index is -4.30. The number of hydrogen-bond donors (Lipinski definition) is 1. The molecule has 4 nitrogen and oxygen atoms in total. The number of halogens is 3. The molecule has 1 rings (SSSR count). The molecule has 1 N–H and O–H groups in total. The summed E-state index contributed by atoms with van der Waals surface area (Å²) >= 11 is 0. The van der Waals surface area contributed by atoms with Crippen molar-refractivity contribution in [1.29, 1.82) is 0 Å². The average molecular weight is 241 g/mol. The van der Waals surface area contributed by atoms with Crippen LogP contribution >= 0.6 is 0 Å². The summed E-state index contributed by atoms with van der Waals surface area (Å²) in [5, 5.41) is 8.31. The molecule has 0 radical (unpaired) electrons. The second kappa shape index (κ2) is 5.49. The standard InChI is InChI=1S/C9H14F3NO3/c10-9(11,12)13-3-1-2-7(4-13)5-16-6-8(14)15/h7H,1-6H2,(H,14,15)/t7-/m1/s1. The Balaban J connectivity index is 2.31. The molecule has 7 heteroatoms. The number of nitrogens with zero attached hydrogens (tertiary/aromatic N) is 1. The van der Waals surface area contributed by atoms with E-state index in [0.29, 0.717) is 17.7 Å². The lowest BCUT2D eigenvalue weighted by molar-refractivity contribution is -0.254. The van der Waals surface area contributed by atoms with Gasteiger partial charge in [0.05, 0.1) is 6.61 Å². The van der Waals surface area contributed by atoms with Gasteiger partial charge in [-0.3, -0.25) is 0 Å². The van der Waals surface area contributed by atoms with Crippen molar-refractivity contribution in [3.8, 4) is 0 Å². The third-order valence-electron chi connectivity index (χ3n) is 2.46. The van der Waals surface area contributed by atoms with Crippen LogP contribution in [0.1, 0.15) is 12.8 Å². The van der Waals surface area contributed by atoms with Gasteiger partial charge in [0, 0.05) is 13.1 Å². The monoisotopic (exact) mass is 241 g/mol. The number of ether oxygens (including phenoxy) is 1. The van der Waals surface area contributed by atoms with Crippen molar-refractivity contribution in [2.75, 3.05) is 26.3 Å². The second-order valence-electron chi connectivity index (χ2n) is 3.83. The minimum Gasteiger partial charge on any atom is -0.480 e. The quantitative estimate of drug-likeness (QED) is 0.754. The predicted octanol–water partition coefficient (Wildman–Crippen LogP) is 1.32. The molecule has 1 fully saturated rings. The summed E-state index contributed by atoms with van der Waals surface area (Å²) in [7, 11) is 0. The number of alkyl halides is 3. The lowest BCUT2D eigenvalue weighted by Gasteiger charge is -2.33. The number of carbonyl (C=O) groups is 1. The van der Waals surface area contributed by atoms with Crippen molar-refractivity contribution < 1.29 is 27.8 Å². The van der Waals surface area contributed by atoms with Crippen molar-refractivity contribution in [3.05, 3.63) is 0 Å². The number of hydrogen-bond acceptors (Lipinski definition) is 3. The maximum Gasteiger partial charge on any atom is 0.459 e. The highest BCUT2D eigenvalue weighted by Gasteiger charge is 2.39. The van der Waals surface area contributed by atoms with Crippen LogP contribution < -0.4 is 0 Å². The molecule has 0 aliphatic carbocycles. The van der Waals surface area contributed by atoms with Crippen molar-refractivity contribution >= 4 is 5.97 Å². The van der Waals surface area contributed by atoms with Gasteiger partial charge in [0.1, 0.15) is 6.61 Å². The smallest absolute Gasteiger partial charge is 0.459 e. The van der Waals surface area contributed by atoms with E-state index >= 15 is 0 Å². The molecular formula is C9H14F3NO3. The molecule has 94 valence electrons. The van der Waals surface area contributed by atoms with Crippen molar-refractivity contribution in [2.24, 2.45) is 5.92 Å².